The summed E-state index contributed by atoms with van der Waals surface area (Å²) in [5.41, 5.74) is -0.0148. The second-order valence-electron chi connectivity index (χ2n) is 8.99. The van der Waals surface area contributed by atoms with Crippen LogP contribution in [0, 0.1) is 29.0 Å². The number of methoxy groups -OCH3 is 1. The van der Waals surface area contributed by atoms with Gasteiger partial charge in [-0.3, -0.25) is 4.79 Å². The molecule has 0 heterocycles. The first kappa shape index (κ1) is 19.2. The molecule has 4 bridgehead atoms. The highest BCUT2D eigenvalue weighted by Gasteiger charge is 2.53. The first-order valence-electron chi connectivity index (χ1n) is 10.2. The largest absolute Gasteiger partial charge is 0.497 e. The van der Waals surface area contributed by atoms with E-state index in [-0.39, 0.29) is 22.9 Å². The molecule has 0 saturated heterocycles. The van der Waals surface area contributed by atoms with Gasteiger partial charge in [-0.05, 0) is 80.8 Å². The molecule has 6 heteroatoms. The Hall–Kier alpha value is -2.11. The number of benzene rings is 1. The van der Waals surface area contributed by atoms with Gasteiger partial charge in [0.25, 0.3) is 5.91 Å². The van der Waals surface area contributed by atoms with Crippen molar-refractivity contribution in [3.05, 3.63) is 29.6 Å². The van der Waals surface area contributed by atoms with Crippen molar-refractivity contribution in [1.82, 2.24) is 5.32 Å². The Balaban J connectivity index is 1.32. The summed E-state index contributed by atoms with van der Waals surface area (Å²) in [6, 6.07) is 3.96. The van der Waals surface area contributed by atoms with Crippen molar-refractivity contribution >= 4 is 11.9 Å². The summed E-state index contributed by atoms with van der Waals surface area (Å²) >= 11 is 0. The van der Waals surface area contributed by atoms with E-state index in [9.17, 15) is 14.0 Å². The summed E-state index contributed by atoms with van der Waals surface area (Å²) in [7, 11) is 1.42. The molecule has 5 nitrogen and oxygen atoms in total. The van der Waals surface area contributed by atoms with E-state index in [0.717, 1.165) is 23.8 Å². The van der Waals surface area contributed by atoms with Gasteiger partial charge >= 0.3 is 5.97 Å². The van der Waals surface area contributed by atoms with Crippen molar-refractivity contribution in [2.75, 3.05) is 13.7 Å². The molecule has 0 unspecified atom stereocenters. The van der Waals surface area contributed by atoms with Crippen LogP contribution in [-0.4, -0.2) is 31.6 Å². The lowest BCUT2D eigenvalue weighted by molar-refractivity contribution is -0.128. The van der Waals surface area contributed by atoms with E-state index < -0.39 is 18.4 Å². The summed E-state index contributed by atoms with van der Waals surface area (Å²) in [6.45, 7) is 1.68. The van der Waals surface area contributed by atoms with Crippen LogP contribution in [0.15, 0.2) is 18.2 Å². The van der Waals surface area contributed by atoms with E-state index in [2.05, 4.69) is 12.2 Å². The van der Waals surface area contributed by atoms with Crippen LogP contribution in [0.2, 0.25) is 0 Å². The number of rotatable bonds is 6. The summed E-state index contributed by atoms with van der Waals surface area (Å²) in [5.74, 6) is 0.829. The second-order valence-corrected chi connectivity index (χ2v) is 8.99. The molecule has 1 atom stereocenters. The highest BCUT2D eigenvalue weighted by molar-refractivity contribution is 5.91. The fourth-order valence-electron chi connectivity index (χ4n) is 6.14. The molecule has 4 aliphatic rings. The van der Waals surface area contributed by atoms with Gasteiger partial charge in [0, 0.05) is 12.1 Å². The molecule has 0 aromatic heterocycles. The number of ether oxygens (including phenoxy) is 2. The molecular weight excluding hydrogens is 361 g/mol. The predicted molar refractivity (Wildman–Crippen MR) is 101 cm³/mol. The maximum atomic E-state index is 14.0. The molecule has 0 aliphatic heterocycles. The minimum absolute atomic E-state index is 0.0600. The zero-order chi connectivity index (χ0) is 19.9. The van der Waals surface area contributed by atoms with Crippen molar-refractivity contribution < 1.29 is 23.5 Å². The van der Waals surface area contributed by atoms with Gasteiger partial charge in [-0.2, -0.15) is 0 Å². The molecule has 4 aliphatic carbocycles. The molecule has 0 radical (unpaired) electrons. The smallest absolute Gasteiger partial charge is 0.341 e. The number of esters is 1. The van der Waals surface area contributed by atoms with E-state index in [0.29, 0.717) is 5.75 Å². The van der Waals surface area contributed by atoms with Crippen LogP contribution in [0.4, 0.5) is 4.39 Å². The highest BCUT2D eigenvalue weighted by atomic mass is 19.1. The Bertz CT molecular complexity index is 743. The summed E-state index contributed by atoms with van der Waals surface area (Å²) in [6.07, 6.45) is 7.63. The maximum absolute atomic E-state index is 14.0. The minimum atomic E-state index is -0.849. The van der Waals surface area contributed by atoms with Crippen LogP contribution in [0.5, 0.6) is 5.75 Å². The topological polar surface area (TPSA) is 64.6 Å². The zero-order valence-corrected chi connectivity index (χ0v) is 16.5. The number of nitrogens with one attached hydrogen (secondary N) is 1. The number of hydrogen-bond donors (Lipinski definition) is 1. The van der Waals surface area contributed by atoms with Crippen molar-refractivity contribution in [3.63, 3.8) is 0 Å². The third kappa shape index (κ3) is 3.61. The first-order chi connectivity index (χ1) is 13.4. The highest BCUT2D eigenvalue weighted by Crippen LogP contribution is 2.61. The van der Waals surface area contributed by atoms with E-state index in [4.69, 9.17) is 9.47 Å². The lowest BCUT2D eigenvalue weighted by atomic mass is 9.48. The average molecular weight is 389 g/mol. The summed E-state index contributed by atoms with van der Waals surface area (Å²) in [4.78, 5) is 24.5. The minimum Gasteiger partial charge on any atom is -0.497 e. The third-order valence-electron chi connectivity index (χ3n) is 7.11. The second kappa shape index (κ2) is 7.37. The van der Waals surface area contributed by atoms with Gasteiger partial charge < -0.3 is 14.8 Å². The molecule has 1 aromatic carbocycles. The molecule has 1 N–H and O–H groups in total. The quantitative estimate of drug-likeness (QED) is 0.754. The van der Waals surface area contributed by atoms with Gasteiger partial charge in [0.2, 0.25) is 0 Å². The fourth-order valence-corrected chi connectivity index (χ4v) is 6.14. The zero-order valence-electron chi connectivity index (χ0n) is 16.5. The molecule has 1 amide bonds. The molecular formula is C22H28FNO4. The molecule has 4 fully saturated rings. The van der Waals surface area contributed by atoms with Crippen molar-refractivity contribution in [1.29, 1.82) is 0 Å². The summed E-state index contributed by atoms with van der Waals surface area (Å²) in [5, 5.41) is 3.05. The Morgan fingerprint density at radius 1 is 1.18 bits per heavy atom. The molecule has 0 spiro atoms. The number of halogens is 1. The summed E-state index contributed by atoms with van der Waals surface area (Å²) < 4.78 is 23.9. The fraction of sp³-hybridized carbons (Fsp3) is 0.636. The lowest BCUT2D eigenvalue weighted by Crippen LogP contribution is -2.56. The monoisotopic (exact) mass is 389 g/mol. The molecule has 4 saturated carbocycles. The molecule has 5 rings (SSSR count). The Labute approximate surface area is 165 Å². The Kier molecular flexibility index (Phi) is 5.06. The van der Waals surface area contributed by atoms with Gasteiger partial charge in [0.15, 0.2) is 6.61 Å². The van der Waals surface area contributed by atoms with Crippen LogP contribution >= 0.6 is 0 Å². The number of hydrogen-bond acceptors (Lipinski definition) is 4. The number of amides is 1. The van der Waals surface area contributed by atoms with Gasteiger partial charge in [-0.1, -0.05) is 0 Å². The van der Waals surface area contributed by atoms with Crippen molar-refractivity contribution in [2.45, 2.75) is 51.5 Å². The number of carbonyl (C=O) groups excluding carboxylic acids is 2. The molecule has 28 heavy (non-hydrogen) atoms. The van der Waals surface area contributed by atoms with Crippen LogP contribution in [-0.2, 0) is 9.53 Å². The van der Waals surface area contributed by atoms with Crippen LogP contribution in [0.3, 0.4) is 0 Å². The first-order valence-corrected chi connectivity index (χ1v) is 10.2. The van der Waals surface area contributed by atoms with Gasteiger partial charge in [-0.25, -0.2) is 9.18 Å². The maximum Gasteiger partial charge on any atom is 0.341 e. The van der Waals surface area contributed by atoms with E-state index in [1.165, 1.54) is 57.8 Å². The third-order valence-corrected chi connectivity index (χ3v) is 7.11. The van der Waals surface area contributed by atoms with Crippen molar-refractivity contribution in [2.24, 2.45) is 23.2 Å². The Morgan fingerprint density at radius 2 is 1.79 bits per heavy atom. The van der Waals surface area contributed by atoms with E-state index >= 15 is 0 Å². The normalized spacial score (nSPS) is 31.3. The predicted octanol–water partition coefficient (Wildman–Crippen LogP) is 3.71. The Morgan fingerprint density at radius 3 is 2.32 bits per heavy atom. The standard InChI is InChI=1S/C22H28FNO4/c1-13(22-9-14-5-15(10-22)7-16(6-14)11-22)24-20(25)12-28-21(26)18-4-3-17(27-2)8-19(18)23/h3-4,8,13-16H,5-7,9-12H2,1-2H3,(H,24,25)/t13-,14?,15?,16?,22?/m0/s1. The average Bonchev–Trinajstić information content (AvgIpc) is 2.64. The SMILES string of the molecule is COc1ccc(C(=O)OCC(=O)N[C@@H](C)C23CC4CC(CC(C4)C2)C3)c(F)c1. The van der Waals surface area contributed by atoms with Gasteiger partial charge in [0.1, 0.15) is 11.6 Å². The lowest BCUT2D eigenvalue weighted by Gasteiger charge is -2.59. The number of carbonyl (C=O) groups is 2. The van der Waals surface area contributed by atoms with Gasteiger partial charge in [-0.15, -0.1) is 0 Å². The molecule has 1 aromatic rings. The molecule has 152 valence electrons. The van der Waals surface area contributed by atoms with E-state index in [1.54, 1.807) is 0 Å². The van der Waals surface area contributed by atoms with Crippen LogP contribution in [0.25, 0.3) is 0 Å². The van der Waals surface area contributed by atoms with Crippen LogP contribution in [0.1, 0.15) is 55.8 Å². The van der Waals surface area contributed by atoms with Crippen molar-refractivity contribution in [3.8, 4) is 5.75 Å². The van der Waals surface area contributed by atoms with Gasteiger partial charge in [0.05, 0.1) is 12.7 Å². The van der Waals surface area contributed by atoms with E-state index in [1.807, 2.05) is 0 Å². The van der Waals surface area contributed by atoms with Crippen LogP contribution < -0.4 is 10.1 Å².